The number of esters is 1. The third-order valence-corrected chi connectivity index (χ3v) is 9.17. The highest BCUT2D eigenvalue weighted by atomic mass is 79.9. The number of rotatable bonds is 9. The summed E-state index contributed by atoms with van der Waals surface area (Å²) in [6, 6.07) is 29.0. The Morgan fingerprint density at radius 2 is 1.54 bits per heavy atom. The number of amides is 1. The van der Waals surface area contributed by atoms with Gasteiger partial charge in [0.05, 0.1) is 24.0 Å². The molecule has 3 aromatic carbocycles. The van der Waals surface area contributed by atoms with Crippen molar-refractivity contribution in [3.8, 4) is 0 Å². The lowest BCUT2D eigenvalue weighted by Crippen LogP contribution is -2.61. The lowest BCUT2D eigenvalue weighted by Gasteiger charge is -2.44. The maximum atomic E-state index is 14.3. The van der Waals surface area contributed by atoms with Gasteiger partial charge in [-0.15, -0.1) is 0 Å². The SMILES string of the molecule is O=C(OC(c1ccccc1)c1ccccc1)C(=C(CBr)N1CCOCC1)N1C(=O)C2N=C(Cc3ccccc3)SC21. The number of hydrogen-bond donors (Lipinski definition) is 0. The van der Waals surface area contributed by atoms with E-state index in [1.165, 1.54) is 0 Å². The van der Waals surface area contributed by atoms with Crippen molar-refractivity contribution >= 4 is 44.6 Å². The van der Waals surface area contributed by atoms with Gasteiger partial charge < -0.3 is 14.4 Å². The van der Waals surface area contributed by atoms with Gasteiger partial charge in [0.25, 0.3) is 5.91 Å². The number of ether oxygens (including phenoxy) is 2. The van der Waals surface area contributed by atoms with E-state index in [-0.39, 0.29) is 17.0 Å². The Labute approximate surface area is 252 Å². The molecule has 1 amide bonds. The van der Waals surface area contributed by atoms with E-state index in [2.05, 4.69) is 33.0 Å². The van der Waals surface area contributed by atoms with Gasteiger partial charge in [0, 0.05) is 24.8 Å². The molecule has 0 spiro atoms. The second-order valence-electron chi connectivity index (χ2n) is 9.98. The molecule has 9 heteroatoms. The average molecular weight is 633 g/mol. The molecule has 0 saturated carbocycles. The zero-order valence-corrected chi connectivity index (χ0v) is 24.8. The number of thioether (sulfide) groups is 1. The van der Waals surface area contributed by atoms with Crippen molar-refractivity contribution in [1.29, 1.82) is 0 Å². The fourth-order valence-electron chi connectivity index (χ4n) is 5.34. The van der Waals surface area contributed by atoms with Gasteiger partial charge >= 0.3 is 5.97 Å². The van der Waals surface area contributed by atoms with Crippen LogP contribution < -0.4 is 0 Å². The number of fused-ring (bicyclic) bond motifs is 1. The number of allylic oxidation sites excluding steroid dienone is 1. The second-order valence-corrected chi connectivity index (χ2v) is 11.7. The predicted molar refractivity (Wildman–Crippen MR) is 164 cm³/mol. The van der Waals surface area contributed by atoms with E-state index in [0.29, 0.717) is 38.1 Å². The molecule has 2 atom stereocenters. The van der Waals surface area contributed by atoms with Gasteiger partial charge in [-0.05, 0) is 16.7 Å². The molecular weight excluding hydrogens is 602 g/mol. The van der Waals surface area contributed by atoms with Gasteiger partial charge in [0.15, 0.2) is 17.8 Å². The Kier molecular flexibility index (Phi) is 8.55. The highest BCUT2D eigenvalue weighted by Crippen LogP contribution is 2.44. The lowest BCUT2D eigenvalue weighted by atomic mass is 10.0. The molecule has 41 heavy (non-hydrogen) atoms. The van der Waals surface area contributed by atoms with Gasteiger partial charge in [0.1, 0.15) is 5.37 Å². The number of carbonyl (C=O) groups is 2. The van der Waals surface area contributed by atoms with Crippen LogP contribution in [-0.2, 0) is 25.5 Å². The lowest BCUT2D eigenvalue weighted by molar-refractivity contribution is -0.153. The third-order valence-electron chi connectivity index (χ3n) is 7.41. The first-order valence-corrected chi connectivity index (χ1v) is 15.7. The molecule has 210 valence electrons. The molecule has 0 N–H and O–H groups in total. The van der Waals surface area contributed by atoms with Gasteiger partial charge in [-0.2, -0.15) is 0 Å². The van der Waals surface area contributed by atoms with Crippen LogP contribution in [0.25, 0.3) is 0 Å². The van der Waals surface area contributed by atoms with Gasteiger partial charge in [0.2, 0.25) is 0 Å². The molecular formula is C32H30BrN3O4S. The molecule has 0 radical (unpaired) electrons. The Bertz CT molecular complexity index is 1410. The Balaban J connectivity index is 1.33. The Hall–Kier alpha value is -3.40. The van der Waals surface area contributed by atoms with E-state index < -0.39 is 18.1 Å². The highest BCUT2D eigenvalue weighted by molar-refractivity contribution is 9.09. The fraction of sp³-hybridized carbons (Fsp3) is 0.281. The van der Waals surface area contributed by atoms with E-state index in [1.54, 1.807) is 16.7 Å². The van der Waals surface area contributed by atoms with Crippen molar-refractivity contribution < 1.29 is 19.1 Å². The van der Waals surface area contributed by atoms with E-state index in [0.717, 1.165) is 27.4 Å². The number of carbonyl (C=O) groups excluding carboxylic acids is 2. The topological polar surface area (TPSA) is 71.4 Å². The molecule has 3 aromatic rings. The highest BCUT2D eigenvalue weighted by Gasteiger charge is 2.56. The standard InChI is InChI=1S/C32H30BrN3O4S/c33-21-25(35-16-18-39-19-17-35)28(32(38)40-29(23-12-6-2-7-13-23)24-14-8-3-9-15-24)36-30(37)27-31(36)41-26(34-27)20-22-10-4-1-5-11-22/h1-15,27,29,31H,16-21H2. The average Bonchev–Trinajstić information content (AvgIpc) is 3.40. The molecule has 3 aliphatic heterocycles. The molecule has 6 rings (SSSR count). The van der Waals surface area contributed by atoms with Crippen molar-refractivity contribution in [2.75, 3.05) is 31.6 Å². The molecule has 2 unspecified atom stereocenters. The van der Waals surface area contributed by atoms with Crippen LogP contribution >= 0.6 is 27.7 Å². The number of hydrogen-bond acceptors (Lipinski definition) is 7. The number of morpholine rings is 1. The minimum atomic E-state index is -0.630. The molecule has 0 bridgehead atoms. The van der Waals surface area contributed by atoms with Crippen molar-refractivity contribution in [3.05, 3.63) is 119 Å². The Morgan fingerprint density at radius 1 is 0.951 bits per heavy atom. The van der Waals surface area contributed by atoms with Gasteiger partial charge in [-0.3, -0.25) is 14.7 Å². The molecule has 2 saturated heterocycles. The van der Waals surface area contributed by atoms with Crippen LogP contribution in [-0.4, -0.2) is 69.8 Å². The van der Waals surface area contributed by atoms with Crippen LogP contribution in [0.1, 0.15) is 22.8 Å². The minimum Gasteiger partial charge on any atom is -0.448 e. The van der Waals surface area contributed by atoms with Crippen LogP contribution in [0.15, 0.2) is 107 Å². The smallest absolute Gasteiger partial charge is 0.357 e. The fourth-order valence-corrected chi connectivity index (χ4v) is 7.28. The van der Waals surface area contributed by atoms with Crippen LogP contribution in [0.4, 0.5) is 0 Å². The summed E-state index contributed by atoms with van der Waals surface area (Å²) in [5.41, 5.74) is 3.85. The number of likely N-dealkylation sites (tertiary alicyclic amines) is 1. The van der Waals surface area contributed by atoms with Gasteiger partial charge in [-0.1, -0.05) is 119 Å². The summed E-state index contributed by atoms with van der Waals surface area (Å²) in [4.78, 5) is 36.4. The molecule has 3 aliphatic rings. The summed E-state index contributed by atoms with van der Waals surface area (Å²) >= 11 is 5.18. The van der Waals surface area contributed by atoms with Crippen molar-refractivity contribution in [2.45, 2.75) is 23.9 Å². The largest absolute Gasteiger partial charge is 0.448 e. The summed E-state index contributed by atoms with van der Waals surface area (Å²) in [5, 5.41) is 1.00. The first-order chi connectivity index (χ1) is 20.1. The zero-order chi connectivity index (χ0) is 28.2. The summed E-state index contributed by atoms with van der Waals surface area (Å²) in [6.45, 7) is 2.35. The first-order valence-electron chi connectivity index (χ1n) is 13.7. The van der Waals surface area contributed by atoms with E-state index in [9.17, 15) is 9.59 Å². The maximum absolute atomic E-state index is 14.3. The first kappa shape index (κ1) is 27.8. The van der Waals surface area contributed by atoms with Crippen LogP contribution in [0.5, 0.6) is 0 Å². The number of β-lactam (4-membered cyclic amide) rings is 1. The summed E-state index contributed by atoms with van der Waals surface area (Å²) in [5.74, 6) is -0.715. The summed E-state index contributed by atoms with van der Waals surface area (Å²) < 4.78 is 11.9. The predicted octanol–water partition coefficient (Wildman–Crippen LogP) is 5.18. The third kappa shape index (κ3) is 5.84. The normalized spacial score (nSPS) is 20.7. The molecule has 0 aliphatic carbocycles. The summed E-state index contributed by atoms with van der Waals surface area (Å²) in [7, 11) is 0. The monoisotopic (exact) mass is 631 g/mol. The van der Waals surface area contributed by atoms with Gasteiger partial charge in [-0.25, -0.2) is 4.79 Å². The second kappa shape index (κ2) is 12.6. The van der Waals surface area contributed by atoms with Crippen LogP contribution in [0, 0.1) is 0 Å². The van der Waals surface area contributed by atoms with E-state index in [4.69, 9.17) is 14.5 Å². The quantitative estimate of drug-likeness (QED) is 0.140. The molecule has 7 nitrogen and oxygen atoms in total. The van der Waals surface area contributed by atoms with Crippen molar-refractivity contribution in [2.24, 2.45) is 4.99 Å². The zero-order valence-electron chi connectivity index (χ0n) is 22.4. The Morgan fingerprint density at radius 3 is 2.12 bits per heavy atom. The van der Waals surface area contributed by atoms with Crippen molar-refractivity contribution in [1.82, 2.24) is 9.80 Å². The van der Waals surface area contributed by atoms with Crippen molar-refractivity contribution in [3.63, 3.8) is 0 Å². The number of nitrogens with zero attached hydrogens (tertiary/aromatic N) is 3. The van der Waals surface area contributed by atoms with E-state index >= 15 is 0 Å². The molecule has 3 heterocycles. The minimum absolute atomic E-state index is 0.180. The summed E-state index contributed by atoms with van der Waals surface area (Å²) in [6.07, 6.45) is 0.0246. The van der Waals surface area contributed by atoms with Crippen LogP contribution in [0.3, 0.4) is 0 Å². The number of halogens is 1. The number of benzene rings is 3. The van der Waals surface area contributed by atoms with E-state index in [1.807, 2.05) is 78.9 Å². The maximum Gasteiger partial charge on any atom is 0.357 e. The molecule has 0 aromatic heterocycles. The number of aliphatic imine (C=N–C) groups is 1. The number of alkyl halides is 1. The van der Waals surface area contributed by atoms with Crippen LogP contribution in [0.2, 0.25) is 0 Å². The molecule has 2 fully saturated rings.